The predicted octanol–water partition coefficient (Wildman–Crippen LogP) is 4.29. The van der Waals surface area contributed by atoms with E-state index in [2.05, 4.69) is 36.7 Å². The van der Waals surface area contributed by atoms with Crippen molar-refractivity contribution in [1.29, 1.82) is 0 Å². The van der Waals surface area contributed by atoms with Crippen molar-refractivity contribution in [1.82, 2.24) is 9.88 Å². The molecule has 132 valence electrons. The molecule has 0 aliphatic heterocycles. The van der Waals surface area contributed by atoms with Crippen LogP contribution in [-0.2, 0) is 24.1 Å². The van der Waals surface area contributed by atoms with Gasteiger partial charge in [-0.3, -0.25) is 5.32 Å². The highest BCUT2D eigenvalue weighted by atomic mass is 16.5. The fraction of sp³-hybridized carbons (Fsp3) is 0.550. The summed E-state index contributed by atoms with van der Waals surface area (Å²) in [5.41, 5.74) is 4.67. The van der Waals surface area contributed by atoms with Gasteiger partial charge in [-0.1, -0.05) is 26.7 Å². The zero-order valence-corrected chi connectivity index (χ0v) is 15.4. The summed E-state index contributed by atoms with van der Waals surface area (Å²) in [6.07, 6.45) is 5.81. The third-order valence-corrected chi connectivity index (χ3v) is 4.56. The van der Waals surface area contributed by atoms with Crippen LogP contribution in [0.1, 0.15) is 61.6 Å². The van der Waals surface area contributed by atoms with Crippen LogP contribution in [0, 0.1) is 0 Å². The molecule has 0 saturated carbocycles. The maximum absolute atomic E-state index is 12.2. The average Bonchev–Trinajstić information content (AvgIpc) is 2.91. The highest BCUT2D eigenvalue weighted by molar-refractivity contribution is 5.96. The Morgan fingerprint density at radius 3 is 2.62 bits per heavy atom. The lowest BCUT2D eigenvalue weighted by Gasteiger charge is -2.09. The number of rotatable bonds is 9. The number of fused-ring (bicyclic) bond motifs is 1. The fourth-order valence-corrected chi connectivity index (χ4v) is 3.41. The van der Waals surface area contributed by atoms with E-state index in [0.29, 0.717) is 5.56 Å². The van der Waals surface area contributed by atoms with Crippen molar-refractivity contribution in [3.05, 3.63) is 35.0 Å². The van der Waals surface area contributed by atoms with E-state index in [1.165, 1.54) is 41.4 Å². The van der Waals surface area contributed by atoms with Crippen LogP contribution >= 0.6 is 0 Å². The molecule has 1 aromatic carbocycles. The molecule has 1 heterocycles. The molecule has 0 aliphatic rings. The number of hydrogen-bond donors (Lipinski definition) is 1. The summed E-state index contributed by atoms with van der Waals surface area (Å²) in [5.74, 6) is -0.273. The molecule has 0 spiro atoms. The molecular weight excluding hydrogens is 300 g/mol. The molecule has 2 aromatic rings. The molecule has 0 bridgehead atoms. The predicted molar refractivity (Wildman–Crippen MR) is 99.6 cm³/mol. The molecule has 4 heteroatoms. The number of esters is 1. The Morgan fingerprint density at radius 2 is 2.00 bits per heavy atom. The summed E-state index contributed by atoms with van der Waals surface area (Å²) < 4.78 is 7.59. The van der Waals surface area contributed by atoms with Gasteiger partial charge in [0, 0.05) is 23.1 Å². The first-order valence-electron chi connectivity index (χ1n) is 9.13. The minimum Gasteiger partial charge on any atom is -0.446 e. The molecule has 1 N–H and O–H groups in total. The Labute approximate surface area is 145 Å². The lowest BCUT2D eigenvalue weighted by Crippen LogP contribution is -2.16. The van der Waals surface area contributed by atoms with Gasteiger partial charge in [-0.25, -0.2) is 4.79 Å². The first-order valence-corrected chi connectivity index (χ1v) is 9.13. The Morgan fingerprint density at radius 1 is 1.21 bits per heavy atom. The molecule has 0 atom stereocenters. The highest BCUT2D eigenvalue weighted by Crippen LogP contribution is 2.29. The smallest absolute Gasteiger partial charge is 0.339 e. The number of carbonyl (C=O) groups excluding carboxylic acids is 1. The number of ether oxygens (including phenoxy) is 1. The molecule has 2 rings (SSSR count). The molecule has 24 heavy (non-hydrogen) atoms. The molecule has 0 fully saturated rings. The maximum Gasteiger partial charge on any atom is 0.339 e. The topological polar surface area (TPSA) is 43.3 Å². The SMILES string of the molecule is CCCCCc1c(CC)c2cc(C(=O)OCNC)ccc2n1CC. The van der Waals surface area contributed by atoms with E-state index in [1.807, 2.05) is 12.1 Å². The van der Waals surface area contributed by atoms with Crippen molar-refractivity contribution in [2.45, 2.75) is 59.4 Å². The van der Waals surface area contributed by atoms with Crippen molar-refractivity contribution in [3.63, 3.8) is 0 Å². The van der Waals surface area contributed by atoms with E-state index in [4.69, 9.17) is 4.74 Å². The monoisotopic (exact) mass is 330 g/mol. The van der Waals surface area contributed by atoms with Gasteiger partial charge in [0.15, 0.2) is 0 Å². The van der Waals surface area contributed by atoms with Crippen molar-refractivity contribution in [3.8, 4) is 0 Å². The van der Waals surface area contributed by atoms with E-state index < -0.39 is 0 Å². The summed E-state index contributed by atoms with van der Waals surface area (Å²) in [4.78, 5) is 12.2. The fourth-order valence-electron chi connectivity index (χ4n) is 3.41. The molecule has 0 unspecified atom stereocenters. The lowest BCUT2D eigenvalue weighted by molar-refractivity contribution is 0.0482. The Hall–Kier alpha value is -1.81. The second kappa shape index (κ2) is 8.88. The van der Waals surface area contributed by atoms with E-state index in [0.717, 1.165) is 19.4 Å². The van der Waals surface area contributed by atoms with Crippen molar-refractivity contribution in [2.75, 3.05) is 13.8 Å². The van der Waals surface area contributed by atoms with E-state index in [-0.39, 0.29) is 12.7 Å². The average molecular weight is 330 g/mol. The van der Waals surface area contributed by atoms with Crippen molar-refractivity contribution in [2.24, 2.45) is 0 Å². The van der Waals surface area contributed by atoms with Gasteiger partial charge < -0.3 is 9.30 Å². The summed E-state index contributed by atoms with van der Waals surface area (Å²) >= 11 is 0. The second-order valence-electron chi connectivity index (χ2n) is 6.14. The number of unbranched alkanes of at least 4 members (excludes halogenated alkanes) is 2. The van der Waals surface area contributed by atoms with Crippen LogP contribution in [0.15, 0.2) is 18.2 Å². The molecule has 0 saturated heterocycles. The van der Waals surface area contributed by atoms with Gasteiger partial charge in [0.25, 0.3) is 0 Å². The van der Waals surface area contributed by atoms with Gasteiger partial charge in [0.1, 0.15) is 6.73 Å². The molecular formula is C20H30N2O2. The van der Waals surface area contributed by atoms with Gasteiger partial charge in [-0.15, -0.1) is 0 Å². The summed E-state index contributed by atoms with van der Waals surface area (Å²) in [6, 6.07) is 5.95. The Kier molecular flexibility index (Phi) is 6.85. The molecule has 1 aromatic heterocycles. The molecule has 0 radical (unpaired) electrons. The summed E-state index contributed by atoms with van der Waals surface area (Å²) in [5, 5.41) is 4.03. The number of aryl methyl sites for hydroxylation is 2. The van der Waals surface area contributed by atoms with Gasteiger partial charge in [0.2, 0.25) is 0 Å². The first kappa shape index (κ1) is 18.5. The van der Waals surface area contributed by atoms with E-state index >= 15 is 0 Å². The van der Waals surface area contributed by atoms with Gasteiger partial charge in [-0.05, 0) is 57.0 Å². The zero-order valence-electron chi connectivity index (χ0n) is 15.4. The number of aromatic nitrogens is 1. The van der Waals surface area contributed by atoms with Gasteiger partial charge in [0.05, 0.1) is 5.56 Å². The first-order chi connectivity index (χ1) is 11.7. The number of hydrogen-bond acceptors (Lipinski definition) is 3. The lowest BCUT2D eigenvalue weighted by atomic mass is 10.0. The number of carbonyl (C=O) groups is 1. The van der Waals surface area contributed by atoms with E-state index in [9.17, 15) is 4.79 Å². The van der Waals surface area contributed by atoms with Crippen LogP contribution in [0.5, 0.6) is 0 Å². The zero-order chi connectivity index (χ0) is 17.5. The van der Waals surface area contributed by atoms with Gasteiger partial charge in [-0.2, -0.15) is 0 Å². The number of benzene rings is 1. The largest absolute Gasteiger partial charge is 0.446 e. The van der Waals surface area contributed by atoms with Crippen molar-refractivity contribution < 1.29 is 9.53 Å². The molecule has 4 nitrogen and oxygen atoms in total. The van der Waals surface area contributed by atoms with Crippen LogP contribution < -0.4 is 5.32 Å². The van der Waals surface area contributed by atoms with E-state index in [1.54, 1.807) is 7.05 Å². The number of nitrogens with one attached hydrogen (secondary N) is 1. The van der Waals surface area contributed by atoms with Crippen LogP contribution in [0.3, 0.4) is 0 Å². The minimum atomic E-state index is -0.273. The third-order valence-electron chi connectivity index (χ3n) is 4.56. The molecule has 0 aliphatic carbocycles. The van der Waals surface area contributed by atoms with Gasteiger partial charge >= 0.3 is 5.97 Å². The normalized spacial score (nSPS) is 11.2. The van der Waals surface area contributed by atoms with Crippen LogP contribution in [0.2, 0.25) is 0 Å². The quantitative estimate of drug-likeness (QED) is 0.424. The standard InChI is InChI=1S/C20H30N2O2/c1-5-8-9-10-18-16(6-2)17-13-15(20(23)24-14-21-4)11-12-19(17)22(18)7-3/h11-13,21H,5-10,14H2,1-4H3. The van der Waals surface area contributed by atoms with Crippen molar-refractivity contribution >= 4 is 16.9 Å². The van der Waals surface area contributed by atoms with Crippen LogP contribution in [-0.4, -0.2) is 24.3 Å². The van der Waals surface area contributed by atoms with Crippen LogP contribution in [0.25, 0.3) is 10.9 Å². The second-order valence-corrected chi connectivity index (χ2v) is 6.14. The number of nitrogens with zero attached hydrogens (tertiary/aromatic N) is 1. The highest BCUT2D eigenvalue weighted by Gasteiger charge is 2.17. The van der Waals surface area contributed by atoms with Crippen LogP contribution in [0.4, 0.5) is 0 Å². The minimum absolute atomic E-state index is 0.232. The Balaban J connectivity index is 2.44. The molecule has 0 amide bonds. The summed E-state index contributed by atoms with van der Waals surface area (Å²) in [7, 11) is 1.76. The maximum atomic E-state index is 12.2. The Bertz CT molecular complexity index is 688. The summed E-state index contributed by atoms with van der Waals surface area (Å²) in [6.45, 7) is 7.82. The third kappa shape index (κ3) is 3.81.